The number of H-pyrrole nitrogens is 1. The van der Waals surface area contributed by atoms with Gasteiger partial charge in [-0.3, -0.25) is 28.8 Å². The molecule has 2 fully saturated rings. The summed E-state index contributed by atoms with van der Waals surface area (Å²) in [6.45, 7) is 1.68. The molecule has 2 aliphatic rings. The summed E-state index contributed by atoms with van der Waals surface area (Å²) < 4.78 is 31.7. The van der Waals surface area contributed by atoms with Crippen molar-refractivity contribution in [2.75, 3.05) is 6.54 Å². The topological polar surface area (TPSA) is 274 Å². The van der Waals surface area contributed by atoms with Gasteiger partial charge in [-0.25, -0.2) is 4.79 Å². The van der Waals surface area contributed by atoms with Gasteiger partial charge in [-0.15, -0.1) is 0 Å². The fourth-order valence-corrected chi connectivity index (χ4v) is 8.08. The van der Waals surface area contributed by atoms with E-state index in [0.717, 1.165) is 27.6 Å². The van der Waals surface area contributed by atoms with Crippen LogP contribution in [0.15, 0.2) is 91.1 Å². The van der Waals surface area contributed by atoms with Crippen LogP contribution in [0, 0.1) is 5.92 Å². The largest absolute Gasteiger partial charge is 0.490 e. The molecule has 4 aromatic rings. The highest BCUT2D eigenvalue weighted by atomic mass is 19.4. The van der Waals surface area contributed by atoms with Crippen LogP contribution in [-0.4, -0.2) is 112 Å². The van der Waals surface area contributed by atoms with Crippen molar-refractivity contribution >= 4 is 52.3 Å². The number of alkyl halides is 3. The Morgan fingerprint density at radius 3 is 1.72 bits per heavy atom. The molecule has 8 atom stereocenters. The van der Waals surface area contributed by atoms with Crippen molar-refractivity contribution < 1.29 is 56.9 Å². The third-order valence-corrected chi connectivity index (χ3v) is 11.6. The Hall–Kier alpha value is -6.80. The maximum absolute atomic E-state index is 14.5. The number of carboxylic acids is 1. The number of amides is 6. The maximum atomic E-state index is 14.5. The molecule has 17 nitrogen and oxygen atoms in total. The van der Waals surface area contributed by atoms with Crippen molar-refractivity contribution in [3.8, 4) is 0 Å². The molecule has 6 rings (SSSR count). The number of aliphatic hydroxyl groups is 1. The number of hydrogen-bond donors (Lipinski definition) is 10. The van der Waals surface area contributed by atoms with E-state index in [1.165, 1.54) is 6.92 Å². The maximum Gasteiger partial charge on any atom is 0.490 e. The molecule has 0 radical (unpaired) electrons. The lowest BCUT2D eigenvalue weighted by atomic mass is 9.98. The van der Waals surface area contributed by atoms with Gasteiger partial charge in [0.1, 0.15) is 30.2 Å². The zero-order valence-corrected chi connectivity index (χ0v) is 36.8. The minimum absolute atomic E-state index is 0.0307. The van der Waals surface area contributed by atoms with Crippen molar-refractivity contribution in [2.45, 2.75) is 113 Å². The Labute approximate surface area is 384 Å². The minimum atomic E-state index is -5.08. The van der Waals surface area contributed by atoms with Crippen LogP contribution < -0.4 is 37.6 Å². The molecule has 0 spiro atoms. The number of nitrogens with two attached hydrogens (primary N) is 1. The first-order valence-electron chi connectivity index (χ1n) is 22.1. The van der Waals surface area contributed by atoms with Crippen molar-refractivity contribution in [1.29, 1.82) is 0 Å². The van der Waals surface area contributed by atoms with Crippen LogP contribution in [0.4, 0.5) is 13.2 Å². The lowest BCUT2D eigenvalue weighted by molar-refractivity contribution is -0.192. The van der Waals surface area contributed by atoms with Gasteiger partial charge in [0.15, 0.2) is 0 Å². The molecule has 6 amide bonds. The number of unbranched alkanes of at least 4 members (excludes halogenated alkanes) is 1. The number of aliphatic carboxylic acids is 1. The minimum Gasteiger partial charge on any atom is -0.475 e. The second-order valence-electron chi connectivity index (χ2n) is 16.7. The second kappa shape index (κ2) is 24.1. The number of fused-ring (bicyclic) bond motifs is 2. The first kappa shape index (κ1) is 51.2. The summed E-state index contributed by atoms with van der Waals surface area (Å²) in [4.78, 5) is 97.4. The summed E-state index contributed by atoms with van der Waals surface area (Å²) in [6, 6.07) is 19.0. The molecule has 1 aromatic heterocycles. The summed E-state index contributed by atoms with van der Waals surface area (Å²) >= 11 is 0. The predicted molar refractivity (Wildman–Crippen MR) is 239 cm³/mol. The van der Waals surface area contributed by atoms with E-state index in [-0.39, 0.29) is 25.7 Å². The highest BCUT2D eigenvalue weighted by Crippen LogP contribution is 2.27. The number of aromatic amines is 1. The van der Waals surface area contributed by atoms with Crippen molar-refractivity contribution in [1.82, 2.24) is 36.9 Å². The van der Waals surface area contributed by atoms with Gasteiger partial charge in [-0.05, 0) is 68.3 Å². The summed E-state index contributed by atoms with van der Waals surface area (Å²) in [7, 11) is 0. The molecule has 3 aromatic carbocycles. The fourth-order valence-electron chi connectivity index (χ4n) is 8.08. The number of carbonyl (C=O) groups excluding carboxylic acids is 6. The molecular weight excluding hydrogens is 878 g/mol. The van der Waals surface area contributed by atoms with Crippen molar-refractivity contribution in [2.24, 2.45) is 11.7 Å². The lowest BCUT2D eigenvalue weighted by Crippen LogP contribution is -2.61. The number of halogens is 3. The quantitative estimate of drug-likeness (QED) is 0.0979. The van der Waals surface area contributed by atoms with E-state index < -0.39 is 95.9 Å². The van der Waals surface area contributed by atoms with E-state index in [4.69, 9.17) is 15.6 Å². The van der Waals surface area contributed by atoms with Crippen LogP contribution >= 0.6 is 0 Å². The number of benzene rings is 3. The van der Waals surface area contributed by atoms with Gasteiger partial charge in [-0.2, -0.15) is 13.2 Å². The van der Waals surface area contributed by atoms with E-state index in [1.54, 1.807) is 18.3 Å². The summed E-state index contributed by atoms with van der Waals surface area (Å²) in [5, 5.41) is 35.9. The normalized spacial score (nSPS) is 23.8. The van der Waals surface area contributed by atoms with Crippen LogP contribution in [0.2, 0.25) is 0 Å². The SMILES string of the molecule is CC(O)C1NC(=O)C(CCCCN)NC(=O)C(Cc2c[nH]c3ccccc23)NC(=O)C(Cc2ccccc2)NC(=O)C2CCCC2NC(=O)C(Cc2ccccc2)NC1=O.O=C(O)C(F)(F)F. The van der Waals surface area contributed by atoms with E-state index in [9.17, 15) is 47.0 Å². The summed E-state index contributed by atoms with van der Waals surface area (Å²) in [6.07, 6.45) is -1.84. The summed E-state index contributed by atoms with van der Waals surface area (Å²) in [5.74, 6) is -7.27. The Morgan fingerprint density at radius 2 is 1.15 bits per heavy atom. The molecule has 0 bridgehead atoms. The highest BCUT2D eigenvalue weighted by Gasteiger charge is 2.40. The first-order chi connectivity index (χ1) is 31.9. The standard InChI is InChI=1S/C45H56N8O7.C2HF3O2/c1-27(54)39-45(60)52-37(24-29-15-6-3-7-16-29)42(57)48-34-21-12-18-32(34)40(55)50-36(23-28-13-4-2-5-14-28)43(58)51-38(25-30-26-47-33-19-9-8-17-31(30)33)44(59)49-35(41(56)53-39)20-10-11-22-46;3-2(4,5)1(6)7/h2-9,13-17,19,26-27,32,34-39,47,54H,10-12,18,20-25,46H2,1H3,(H,48,57)(H,49,59)(H,50,55)(H,51,58)(H,52,60)(H,53,56);(H,6,7). The fraction of sp³-hybridized carbons (Fsp3) is 0.426. The Kier molecular flexibility index (Phi) is 18.4. The molecule has 1 aliphatic carbocycles. The predicted octanol–water partition coefficient (Wildman–Crippen LogP) is 2.06. The van der Waals surface area contributed by atoms with Crippen LogP contribution in [0.1, 0.15) is 62.1 Å². The molecule has 1 saturated carbocycles. The molecule has 8 unspecified atom stereocenters. The van der Waals surface area contributed by atoms with Crippen LogP contribution in [0.5, 0.6) is 0 Å². The molecule has 2 heterocycles. The molecule has 360 valence electrons. The number of para-hydroxylation sites is 1. The van der Waals surface area contributed by atoms with Gasteiger partial charge < -0.3 is 52.8 Å². The van der Waals surface area contributed by atoms with Gasteiger partial charge in [0.05, 0.1) is 12.0 Å². The van der Waals surface area contributed by atoms with Crippen molar-refractivity contribution in [3.05, 3.63) is 108 Å². The third kappa shape index (κ3) is 14.9. The van der Waals surface area contributed by atoms with Gasteiger partial charge in [0.2, 0.25) is 35.4 Å². The number of aromatic nitrogens is 1. The Balaban J connectivity index is 0.00000111. The van der Waals surface area contributed by atoms with Crippen molar-refractivity contribution in [3.63, 3.8) is 0 Å². The lowest BCUT2D eigenvalue weighted by Gasteiger charge is -2.28. The molecule has 11 N–H and O–H groups in total. The van der Waals surface area contributed by atoms with Crippen LogP contribution in [0.25, 0.3) is 10.9 Å². The third-order valence-electron chi connectivity index (χ3n) is 11.6. The van der Waals surface area contributed by atoms with E-state index in [1.807, 2.05) is 72.8 Å². The monoisotopic (exact) mass is 934 g/mol. The van der Waals surface area contributed by atoms with Gasteiger partial charge in [0.25, 0.3) is 0 Å². The molecule has 1 aliphatic heterocycles. The van der Waals surface area contributed by atoms with Gasteiger partial charge in [0, 0.05) is 42.4 Å². The van der Waals surface area contributed by atoms with Crippen LogP contribution in [-0.2, 0) is 52.8 Å². The molecular formula is C47H57F3N8O9. The Morgan fingerprint density at radius 1 is 0.657 bits per heavy atom. The molecule has 1 saturated heterocycles. The number of nitrogens with one attached hydrogen (secondary N) is 7. The van der Waals surface area contributed by atoms with Crippen LogP contribution in [0.3, 0.4) is 0 Å². The number of hydrogen-bond acceptors (Lipinski definition) is 9. The van der Waals surface area contributed by atoms with E-state index in [0.29, 0.717) is 38.6 Å². The van der Waals surface area contributed by atoms with E-state index >= 15 is 0 Å². The average molecular weight is 935 g/mol. The molecule has 20 heteroatoms. The number of rotatable bonds is 11. The smallest absolute Gasteiger partial charge is 0.475 e. The van der Waals surface area contributed by atoms with E-state index in [2.05, 4.69) is 36.9 Å². The zero-order chi connectivity index (χ0) is 48.7. The number of aliphatic hydroxyl groups excluding tert-OH is 1. The first-order valence-corrected chi connectivity index (χ1v) is 22.1. The van der Waals surface area contributed by atoms with Gasteiger partial charge in [-0.1, -0.05) is 85.3 Å². The second-order valence-corrected chi connectivity index (χ2v) is 16.7. The number of carbonyl (C=O) groups is 7. The number of carboxylic acid groups (broad SMARTS) is 1. The molecule has 67 heavy (non-hydrogen) atoms. The average Bonchev–Trinajstić information content (AvgIpc) is 3.94. The highest BCUT2D eigenvalue weighted by molar-refractivity contribution is 5.98. The Bertz CT molecular complexity index is 2330. The zero-order valence-electron chi connectivity index (χ0n) is 36.8. The summed E-state index contributed by atoms with van der Waals surface area (Å²) in [5.41, 5.74) is 8.86. The van der Waals surface area contributed by atoms with Gasteiger partial charge >= 0.3 is 12.1 Å².